The third-order valence-electron chi connectivity index (χ3n) is 4.27. The van der Waals surface area contributed by atoms with Crippen molar-refractivity contribution in [3.63, 3.8) is 0 Å². The van der Waals surface area contributed by atoms with Crippen LogP contribution >= 0.6 is 0 Å². The Bertz CT molecular complexity index is 655. The highest BCUT2D eigenvalue weighted by Crippen LogP contribution is 2.33. The highest BCUT2D eigenvalue weighted by Gasteiger charge is 2.42. The lowest BCUT2D eigenvalue weighted by atomic mass is 10.0. The number of morpholine rings is 1. The lowest BCUT2D eigenvalue weighted by Gasteiger charge is -2.30. The van der Waals surface area contributed by atoms with Crippen molar-refractivity contribution in [2.24, 2.45) is 0 Å². The molecule has 1 aromatic rings. The lowest BCUT2D eigenvalue weighted by Crippen LogP contribution is -2.42. The molecule has 1 aromatic carbocycles. The summed E-state index contributed by atoms with van der Waals surface area (Å²) < 4.78 is 5.38. The van der Waals surface area contributed by atoms with Crippen molar-refractivity contribution < 1.29 is 14.3 Å². The Morgan fingerprint density at radius 1 is 1.00 bits per heavy atom. The summed E-state index contributed by atoms with van der Waals surface area (Å²) in [5.74, 6) is -0.391. The Morgan fingerprint density at radius 2 is 1.61 bits per heavy atom. The molecule has 2 aliphatic rings. The van der Waals surface area contributed by atoms with Crippen LogP contribution in [0.1, 0.15) is 25.0 Å². The van der Waals surface area contributed by atoms with Gasteiger partial charge in [0, 0.05) is 19.1 Å². The van der Waals surface area contributed by atoms with E-state index in [1.807, 2.05) is 49.9 Å². The van der Waals surface area contributed by atoms with E-state index in [0.717, 1.165) is 11.1 Å². The molecule has 0 spiro atoms. The summed E-state index contributed by atoms with van der Waals surface area (Å²) in [6, 6.07) is 7.61. The van der Waals surface area contributed by atoms with Crippen LogP contribution < -0.4 is 0 Å². The van der Waals surface area contributed by atoms with Crippen LogP contribution in [-0.2, 0) is 14.3 Å². The van der Waals surface area contributed by atoms with Gasteiger partial charge in [0.1, 0.15) is 5.70 Å². The van der Waals surface area contributed by atoms with Gasteiger partial charge >= 0.3 is 0 Å². The molecule has 0 atom stereocenters. The summed E-state index contributed by atoms with van der Waals surface area (Å²) in [4.78, 5) is 29.1. The molecule has 0 radical (unpaired) electrons. The first-order valence-electron chi connectivity index (χ1n) is 8.02. The monoisotopic (exact) mass is 314 g/mol. The molecule has 1 saturated heterocycles. The Kier molecular flexibility index (Phi) is 4.22. The largest absolute Gasteiger partial charge is 0.378 e. The predicted molar refractivity (Wildman–Crippen MR) is 87.5 cm³/mol. The van der Waals surface area contributed by atoms with E-state index in [0.29, 0.717) is 37.6 Å². The first-order chi connectivity index (χ1) is 11.0. The number of hydrogen-bond acceptors (Lipinski definition) is 4. The molecule has 5 nitrogen and oxygen atoms in total. The van der Waals surface area contributed by atoms with Crippen molar-refractivity contribution in [3.8, 4) is 0 Å². The van der Waals surface area contributed by atoms with Gasteiger partial charge in [-0.15, -0.1) is 0 Å². The zero-order valence-corrected chi connectivity index (χ0v) is 13.8. The summed E-state index contributed by atoms with van der Waals surface area (Å²) in [6.07, 6.45) is 0. The summed E-state index contributed by atoms with van der Waals surface area (Å²) in [5, 5.41) is 0. The minimum absolute atomic E-state index is 0.158. The average Bonchev–Trinajstić information content (AvgIpc) is 2.80. The molecule has 0 bridgehead atoms. The summed E-state index contributed by atoms with van der Waals surface area (Å²) >= 11 is 0. The molecule has 2 amide bonds. The van der Waals surface area contributed by atoms with E-state index in [-0.39, 0.29) is 17.9 Å². The van der Waals surface area contributed by atoms with E-state index in [1.165, 1.54) is 4.90 Å². The Morgan fingerprint density at radius 3 is 2.17 bits per heavy atom. The van der Waals surface area contributed by atoms with Gasteiger partial charge in [0.2, 0.25) is 0 Å². The number of nitrogens with zero attached hydrogens (tertiary/aromatic N) is 2. The fourth-order valence-electron chi connectivity index (χ4n) is 3.06. The molecule has 0 N–H and O–H groups in total. The summed E-state index contributed by atoms with van der Waals surface area (Å²) in [6.45, 7) is 8.16. The van der Waals surface area contributed by atoms with Crippen molar-refractivity contribution in [2.75, 3.05) is 26.3 Å². The van der Waals surface area contributed by atoms with Crippen molar-refractivity contribution >= 4 is 17.4 Å². The van der Waals surface area contributed by atoms with Crippen LogP contribution in [0.15, 0.2) is 30.0 Å². The fourth-order valence-corrected chi connectivity index (χ4v) is 3.06. The van der Waals surface area contributed by atoms with E-state index in [1.54, 1.807) is 0 Å². The number of carbonyl (C=O) groups excluding carboxylic acids is 2. The van der Waals surface area contributed by atoms with Crippen LogP contribution in [-0.4, -0.2) is 54.0 Å². The molecule has 1 fully saturated rings. The average molecular weight is 314 g/mol. The highest BCUT2D eigenvalue weighted by atomic mass is 16.5. The minimum atomic E-state index is -0.199. The molecule has 23 heavy (non-hydrogen) atoms. The molecule has 0 aliphatic carbocycles. The number of rotatable bonds is 3. The van der Waals surface area contributed by atoms with E-state index < -0.39 is 0 Å². The second-order valence-electron chi connectivity index (χ2n) is 6.26. The topological polar surface area (TPSA) is 49.9 Å². The molecule has 2 aliphatic heterocycles. The van der Waals surface area contributed by atoms with Gasteiger partial charge in [-0.25, -0.2) is 0 Å². The second kappa shape index (κ2) is 6.16. The van der Waals surface area contributed by atoms with Gasteiger partial charge in [0.25, 0.3) is 11.8 Å². The molecule has 0 saturated carbocycles. The molecule has 5 heteroatoms. The first-order valence-corrected chi connectivity index (χ1v) is 8.02. The SMILES string of the molecule is Cc1ccc(C2=C(N3CCOCC3)C(=O)N(C(C)C)C2=O)cc1. The highest BCUT2D eigenvalue weighted by molar-refractivity contribution is 6.35. The maximum atomic E-state index is 12.9. The van der Waals surface area contributed by atoms with E-state index in [9.17, 15) is 9.59 Å². The number of amides is 2. The van der Waals surface area contributed by atoms with Gasteiger partial charge in [-0.1, -0.05) is 29.8 Å². The zero-order chi connectivity index (χ0) is 16.6. The predicted octanol–water partition coefficient (Wildman–Crippen LogP) is 1.82. The van der Waals surface area contributed by atoms with Crippen LogP contribution in [0.5, 0.6) is 0 Å². The van der Waals surface area contributed by atoms with Gasteiger partial charge < -0.3 is 9.64 Å². The molecule has 2 heterocycles. The Hall–Kier alpha value is -2.14. The Labute approximate surface area is 136 Å². The quantitative estimate of drug-likeness (QED) is 0.799. The van der Waals surface area contributed by atoms with Crippen molar-refractivity contribution in [1.82, 2.24) is 9.80 Å². The maximum absolute atomic E-state index is 12.9. The first kappa shape index (κ1) is 15.7. The van der Waals surface area contributed by atoms with Crippen LogP contribution in [0.4, 0.5) is 0 Å². The molecule has 3 rings (SSSR count). The Balaban J connectivity index is 2.10. The van der Waals surface area contributed by atoms with Crippen LogP contribution in [0.25, 0.3) is 5.57 Å². The third kappa shape index (κ3) is 2.77. The number of carbonyl (C=O) groups is 2. The van der Waals surface area contributed by atoms with Crippen LogP contribution in [0, 0.1) is 6.92 Å². The lowest BCUT2D eigenvalue weighted by molar-refractivity contribution is -0.139. The maximum Gasteiger partial charge on any atom is 0.278 e. The number of ether oxygens (including phenoxy) is 1. The van der Waals surface area contributed by atoms with E-state index in [2.05, 4.69) is 0 Å². The molecule has 0 aromatic heterocycles. The van der Waals surface area contributed by atoms with E-state index >= 15 is 0 Å². The standard InChI is InChI=1S/C18H22N2O3/c1-12(2)20-17(21)15(14-6-4-13(3)5-7-14)16(18(20)22)19-8-10-23-11-9-19/h4-7,12H,8-11H2,1-3H3. The van der Waals surface area contributed by atoms with Crippen molar-refractivity contribution in [2.45, 2.75) is 26.8 Å². The van der Waals surface area contributed by atoms with Gasteiger partial charge in [-0.05, 0) is 26.3 Å². The summed E-state index contributed by atoms with van der Waals surface area (Å²) in [7, 11) is 0. The third-order valence-corrected chi connectivity index (χ3v) is 4.27. The normalized spacial score (nSPS) is 19.3. The van der Waals surface area contributed by atoms with Crippen LogP contribution in [0.3, 0.4) is 0 Å². The molecular weight excluding hydrogens is 292 g/mol. The van der Waals surface area contributed by atoms with Gasteiger partial charge in [-0.2, -0.15) is 0 Å². The molecule has 122 valence electrons. The van der Waals surface area contributed by atoms with Gasteiger partial charge in [-0.3, -0.25) is 14.5 Å². The van der Waals surface area contributed by atoms with Crippen molar-refractivity contribution in [3.05, 3.63) is 41.1 Å². The summed E-state index contributed by atoms with van der Waals surface area (Å²) in [5.41, 5.74) is 2.97. The van der Waals surface area contributed by atoms with E-state index in [4.69, 9.17) is 4.74 Å². The fraction of sp³-hybridized carbons (Fsp3) is 0.444. The smallest absolute Gasteiger partial charge is 0.278 e. The second-order valence-corrected chi connectivity index (χ2v) is 6.26. The van der Waals surface area contributed by atoms with Gasteiger partial charge in [0.05, 0.1) is 18.8 Å². The number of aryl methyl sites for hydroxylation is 1. The minimum Gasteiger partial charge on any atom is -0.378 e. The molecule has 0 unspecified atom stereocenters. The number of benzene rings is 1. The zero-order valence-electron chi connectivity index (χ0n) is 13.8. The van der Waals surface area contributed by atoms with Gasteiger partial charge in [0.15, 0.2) is 0 Å². The van der Waals surface area contributed by atoms with Crippen molar-refractivity contribution in [1.29, 1.82) is 0 Å². The number of hydrogen-bond donors (Lipinski definition) is 0. The van der Waals surface area contributed by atoms with Crippen LogP contribution in [0.2, 0.25) is 0 Å². The molecular formula is C18H22N2O3. The number of imide groups is 1.